The smallest absolute Gasteiger partial charge is 0.0662 e. The maximum absolute atomic E-state index is 4.72. The first-order chi connectivity index (χ1) is 9.86. The summed E-state index contributed by atoms with van der Waals surface area (Å²) in [6.45, 7) is 14.6. The van der Waals surface area contributed by atoms with E-state index in [2.05, 4.69) is 69.7 Å². The fourth-order valence-electron chi connectivity index (χ4n) is 2.78. The van der Waals surface area contributed by atoms with E-state index in [0.717, 1.165) is 18.8 Å². The Bertz CT molecular complexity index is 603. The van der Waals surface area contributed by atoms with E-state index in [4.69, 9.17) is 5.10 Å². The van der Waals surface area contributed by atoms with E-state index in [1.54, 1.807) is 0 Å². The van der Waals surface area contributed by atoms with E-state index in [1.807, 2.05) is 0 Å². The van der Waals surface area contributed by atoms with Crippen molar-refractivity contribution in [3.63, 3.8) is 0 Å². The summed E-state index contributed by atoms with van der Waals surface area (Å²) in [7, 11) is 0. The predicted octanol–water partition coefficient (Wildman–Crippen LogP) is 3.66. The Kier molecular flexibility index (Phi) is 4.84. The van der Waals surface area contributed by atoms with Crippen LogP contribution in [0.3, 0.4) is 0 Å². The molecule has 21 heavy (non-hydrogen) atoms. The molecular weight excluding hydrogens is 258 g/mol. The molecule has 0 unspecified atom stereocenters. The van der Waals surface area contributed by atoms with Crippen LogP contribution in [0.25, 0.3) is 0 Å². The maximum Gasteiger partial charge on any atom is 0.0662 e. The average Bonchev–Trinajstić information content (AvgIpc) is 2.61. The van der Waals surface area contributed by atoms with Crippen LogP contribution in [0.2, 0.25) is 0 Å². The fourth-order valence-corrected chi connectivity index (χ4v) is 2.78. The lowest BCUT2D eigenvalue weighted by Crippen LogP contribution is -2.22. The third kappa shape index (κ3) is 3.94. The number of aromatic nitrogens is 2. The van der Waals surface area contributed by atoms with Crippen LogP contribution in [-0.2, 0) is 13.1 Å². The van der Waals surface area contributed by atoms with Gasteiger partial charge in [-0.15, -0.1) is 0 Å². The molecule has 0 saturated carbocycles. The number of benzene rings is 1. The van der Waals surface area contributed by atoms with E-state index < -0.39 is 0 Å². The molecule has 3 nitrogen and oxygen atoms in total. The molecule has 1 N–H and O–H groups in total. The van der Waals surface area contributed by atoms with Crippen LogP contribution < -0.4 is 5.32 Å². The molecule has 1 aromatic heterocycles. The molecule has 0 radical (unpaired) electrons. The van der Waals surface area contributed by atoms with Gasteiger partial charge in [-0.05, 0) is 33.3 Å². The van der Waals surface area contributed by atoms with Gasteiger partial charge in [0.05, 0.1) is 12.2 Å². The number of nitrogens with zero attached hydrogens (tertiary/aromatic N) is 2. The van der Waals surface area contributed by atoms with Crippen LogP contribution in [0.1, 0.15) is 47.5 Å². The van der Waals surface area contributed by atoms with Crippen molar-refractivity contribution >= 4 is 0 Å². The molecule has 0 aliphatic heterocycles. The highest BCUT2D eigenvalue weighted by molar-refractivity contribution is 5.30. The van der Waals surface area contributed by atoms with Crippen LogP contribution in [0.5, 0.6) is 0 Å². The van der Waals surface area contributed by atoms with Crippen molar-refractivity contribution < 1.29 is 0 Å². The summed E-state index contributed by atoms with van der Waals surface area (Å²) in [6.07, 6.45) is 0. The van der Waals surface area contributed by atoms with Crippen molar-refractivity contribution in [2.45, 2.75) is 60.7 Å². The molecule has 0 amide bonds. The molecule has 0 fully saturated rings. The van der Waals surface area contributed by atoms with Gasteiger partial charge in [0.1, 0.15) is 0 Å². The summed E-state index contributed by atoms with van der Waals surface area (Å²) < 4.78 is 2.13. The maximum atomic E-state index is 4.72. The predicted molar refractivity (Wildman–Crippen MR) is 88.7 cm³/mol. The summed E-state index contributed by atoms with van der Waals surface area (Å²) in [4.78, 5) is 0. The number of rotatable bonds is 5. The van der Waals surface area contributed by atoms with Gasteiger partial charge in [-0.1, -0.05) is 43.2 Å². The van der Waals surface area contributed by atoms with Crippen LogP contribution in [0.15, 0.2) is 18.2 Å². The molecule has 0 aliphatic carbocycles. The Balaban J connectivity index is 2.22. The average molecular weight is 285 g/mol. The van der Waals surface area contributed by atoms with E-state index in [9.17, 15) is 0 Å². The summed E-state index contributed by atoms with van der Waals surface area (Å²) in [6, 6.07) is 7.19. The quantitative estimate of drug-likeness (QED) is 0.908. The lowest BCUT2D eigenvalue weighted by molar-refractivity contribution is 0.584. The zero-order valence-electron chi connectivity index (χ0n) is 14.1. The minimum absolute atomic E-state index is 0.492. The summed E-state index contributed by atoms with van der Waals surface area (Å²) in [5.74, 6) is 0. The molecule has 0 atom stereocenters. The third-order valence-electron chi connectivity index (χ3n) is 3.83. The Hall–Kier alpha value is -1.61. The molecule has 1 aromatic carbocycles. The molecule has 2 aromatic rings. The molecule has 3 heteroatoms. The van der Waals surface area contributed by atoms with Crippen LogP contribution >= 0.6 is 0 Å². The van der Waals surface area contributed by atoms with Gasteiger partial charge in [0.2, 0.25) is 0 Å². The van der Waals surface area contributed by atoms with Crippen molar-refractivity contribution in [1.82, 2.24) is 15.1 Å². The first-order valence-corrected chi connectivity index (χ1v) is 7.70. The normalized spacial score (nSPS) is 11.4. The largest absolute Gasteiger partial charge is 0.310 e. The molecule has 114 valence electrons. The molecule has 0 aliphatic rings. The second kappa shape index (κ2) is 6.44. The van der Waals surface area contributed by atoms with Gasteiger partial charge in [0.15, 0.2) is 0 Å². The molecule has 0 spiro atoms. The zero-order valence-corrected chi connectivity index (χ0v) is 14.1. The van der Waals surface area contributed by atoms with Crippen molar-refractivity contribution in [2.75, 3.05) is 0 Å². The lowest BCUT2D eigenvalue weighted by atomic mass is 10.1. The van der Waals surface area contributed by atoms with Gasteiger partial charge in [-0.3, -0.25) is 4.68 Å². The molecule has 0 bridgehead atoms. The Morgan fingerprint density at radius 3 is 2.24 bits per heavy atom. The number of hydrogen-bond acceptors (Lipinski definition) is 2. The van der Waals surface area contributed by atoms with Gasteiger partial charge >= 0.3 is 0 Å². The van der Waals surface area contributed by atoms with E-state index >= 15 is 0 Å². The summed E-state index contributed by atoms with van der Waals surface area (Å²) >= 11 is 0. The second-order valence-corrected chi connectivity index (χ2v) is 6.34. The molecule has 2 rings (SSSR count). The van der Waals surface area contributed by atoms with E-state index in [1.165, 1.54) is 27.9 Å². The zero-order chi connectivity index (χ0) is 15.6. The van der Waals surface area contributed by atoms with Gasteiger partial charge in [-0.25, -0.2) is 0 Å². The van der Waals surface area contributed by atoms with E-state index in [0.29, 0.717) is 6.04 Å². The second-order valence-electron chi connectivity index (χ2n) is 6.34. The molecular formula is C18H27N3. The molecule has 0 saturated heterocycles. The van der Waals surface area contributed by atoms with Gasteiger partial charge in [-0.2, -0.15) is 5.10 Å². The van der Waals surface area contributed by atoms with Crippen molar-refractivity contribution in [2.24, 2.45) is 0 Å². The first kappa shape index (κ1) is 15.8. The fraction of sp³-hybridized carbons (Fsp3) is 0.500. The van der Waals surface area contributed by atoms with Crippen molar-refractivity contribution in [3.05, 3.63) is 51.8 Å². The van der Waals surface area contributed by atoms with Crippen LogP contribution in [0, 0.1) is 27.7 Å². The number of aryl methyl sites for hydroxylation is 3. The van der Waals surface area contributed by atoms with E-state index in [-0.39, 0.29) is 0 Å². The van der Waals surface area contributed by atoms with Gasteiger partial charge in [0, 0.05) is 23.8 Å². The topological polar surface area (TPSA) is 29.9 Å². The molecule has 1 heterocycles. The number of nitrogens with one attached hydrogen (secondary N) is 1. The van der Waals surface area contributed by atoms with Crippen LogP contribution in [0.4, 0.5) is 0 Å². The van der Waals surface area contributed by atoms with Crippen LogP contribution in [-0.4, -0.2) is 15.8 Å². The SMILES string of the molecule is Cc1cc(C)cc(Cn2nc(C)c(CNC(C)C)c2C)c1. The summed E-state index contributed by atoms with van der Waals surface area (Å²) in [5, 5.41) is 8.20. The third-order valence-corrected chi connectivity index (χ3v) is 3.83. The first-order valence-electron chi connectivity index (χ1n) is 7.70. The number of hydrogen-bond donors (Lipinski definition) is 1. The minimum atomic E-state index is 0.492. The highest BCUT2D eigenvalue weighted by Crippen LogP contribution is 2.16. The van der Waals surface area contributed by atoms with Gasteiger partial charge in [0.25, 0.3) is 0 Å². The van der Waals surface area contributed by atoms with Gasteiger partial charge < -0.3 is 5.32 Å². The van der Waals surface area contributed by atoms with Crippen molar-refractivity contribution in [3.8, 4) is 0 Å². The highest BCUT2D eigenvalue weighted by Gasteiger charge is 2.12. The minimum Gasteiger partial charge on any atom is -0.310 e. The Morgan fingerprint density at radius 1 is 1.05 bits per heavy atom. The Labute approximate surface area is 128 Å². The lowest BCUT2D eigenvalue weighted by Gasteiger charge is -2.10. The highest BCUT2D eigenvalue weighted by atomic mass is 15.3. The monoisotopic (exact) mass is 285 g/mol. The van der Waals surface area contributed by atoms with Crippen molar-refractivity contribution in [1.29, 1.82) is 0 Å². The Morgan fingerprint density at radius 2 is 1.67 bits per heavy atom. The standard InChI is InChI=1S/C18H27N3/c1-12(2)19-10-18-15(5)20-21(16(18)6)11-17-8-13(3)7-14(4)9-17/h7-9,12,19H,10-11H2,1-6H3. The summed E-state index contributed by atoms with van der Waals surface area (Å²) in [5.41, 5.74) is 7.67.